The zero-order chi connectivity index (χ0) is 15.4. The molecule has 0 N–H and O–H groups in total. The van der Waals surface area contributed by atoms with Crippen LogP contribution in [0.4, 0.5) is 0 Å². The number of hydrogen-bond acceptors (Lipinski definition) is 2. The number of pyridine rings is 1. The summed E-state index contributed by atoms with van der Waals surface area (Å²) in [5.41, 5.74) is 2.42. The summed E-state index contributed by atoms with van der Waals surface area (Å²) in [5, 5.41) is 2.51. The molecule has 0 spiro atoms. The van der Waals surface area contributed by atoms with Crippen LogP contribution in [0.25, 0.3) is 0 Å². The normalized spacial score (nSPS) is 10.6. The monoisotopic (exact) mass is 345 g/mol. The highest BCUT2D eigenvalue weighted by atomic mass is 35.5. The zero-order valence-electron chi connectivity index (χ0n) is 11.7. The smallest absolute Gasteiger partial charge is 0.104 e. The Morgan fingerprint density at radius 2 is 1.45 bits per heavy atom. The predicted octanol–water partition coefficient (Wildman–Crippen LogP) is 6.13. The summed E-state index contributed by atoms with van der Waals surface area (Å²) in [6.07, 6.45) is 2.66. The summed E-state index contributed by atoms with van der Waals surface area (Å²) >= 11 is 13.5. The first kappa shape index (κ1) is 15.4. The van der Waals surface area contributed by atoms with Gasteiger partial charge in [-0.3, -0.25) is 0 Å². The SMILES string of the molecule is Clc1ccc(Cc2cccnc2Sc2ccc(Cl)cc2)cc1. The highest BCUT2D eigenvalue weighted by Crippen LogP contribution is 2.30. The van der Waals surface area contributed by atoms with E-state index in [-0.39, 0.29) is 0 Å². The molecule has 0 aliphatic carbocycles. The van der Waals surface area contributed by atoms with Gasteiger partial charge in [-0.15, -0.1) is 0 Å². The van der Waals surface area contributed by atoms with Crippen molar-refractivity contribution in [1.82, 2.24) is 4.98 Å². The summed E-state index contributed by atoms with van der Waals surface area (Å²) in [6.45, 7) is 0. The zero-order valence-corrected chi connectivity index (χ0v) is 14.0. The third kappa shape index (κ3) is 4.04. The van der Waals surface area contributed by atoms with E-state index >= 15 is 0 Å². The maximum atomic E-state index is 5.94. The van der Waals surface area contributed by atoms with Crippen LogP contribution >= 0.6 is 35.0 Å². The van der Waals surface area contributed by atoms with Gasteiger partial charge in [-0.2, -0.15) is 0 Å². The van der Waals surface area contributed by atoms with Gasteiger partial charge in [0.15, 0.2) is 0 Å². The molecule has 0 atom stereocenters. The Hall–Kier alpha value is -1.48. The van der Waals surface area contributed by atoms with Crippen molar-refractivity contribution in [2.24, 2.45) is 0 Å². The Morgan fingerprint density at radius 1 is 0.818 bits per heavy atom. The van der Waals surface area contributed by atoms with Crippen molar-refractivity contribution in [1.29, 1.82) is 0 Å². The number of hydrogen-bond donors (Lipinski definition) is 0. The van der Waals surface area contributed by atoms with E-state index in [1.165, 1.54) is 11.1 Å². The van der Waals surface area contributed by atoms with E-state index in [9.17, 15) is 0 Å². The van der Waals surface area contributed by atoms with Crippen molar-refractivity contribution >= 4 is 35.0 Å². The maximum absolute atomic E-state index is 5.94. The lowest BCUT2D eigenvalue weighted by Crippen LogP contribution is -1.93. The van der Waals surface area contributed by atoms with Crippen LogP contribution in [-0.4, -0.2) is 4.98 Å². The fourth-order valence-electron chi connectivity index (χ4n) is 2.09. The van der Waals surface area contributed by atoms with E-state index < -0.39 is 0 Å². The Morgan fingerprint density at radius 3 is 2.14 bits per heavy atom. The molecule has 2 aromatic carbocycles. The van der Waals surface area contributed by atoms with Gasteiger partial charge in [0, 0.05) is 27.6 Å². The molecule has 3 rings (SSSR count). The minimum Gasteiger partial charge on any atom is -0.249 e. The molecule has 0 saturated heterocycles. The van der Waals surface area contributed by atoms with Crippen molar-refractivity contribution in [3.63, 3.8) is 0 Å². The second-order valence-corrected chi connectivity index (χ2v) is 6.76. The molecule has 1 aromatic heterocycles. The standard InChI is InChI=1S/C18H13Cl2NS/c19-15-5-3-13(4-6-15)12-14-2-1-11-21-18(14)22-17-9-7-16(20)8-10-17/h1-11H,12H2. The Labute approximate surface area is 144 Å². The number of nitrogens with zero attached hydrogens (tertiary/aromatic N) is 1. The minimum absolute atomic E-state index is 0.742. The molecule has 0 aliphatic heterocycles. The van der Waals surface area contributed by atoms with Gasteiger partial charge in [0.1, 0.15) is 5.03 Å². The maximum Gasteiger partial charge on any atom is 0.104 e. The largest absolute Gasteiger partial charge is 0.249 e. The topological polar surface area (TPSA) is 12.9 Å². The first-order chi connectivity index (χ1) is 10.7. The fourth-order valence-corrected chi connectivity index (χ4v) is 3.22. The molecule has 0 radical (unpaired) electrons. The predicted molar refractivity (Wildman–Crippen MR) is 94.1 cm³/mol. The van der Waals surface area contributed by atoms with Gasteiger partial charge in [0.25, 0.3) is 0 Å². The third-order valence-electron chi connectivity index (χ3n) is 3.19. The van der Waals surface area contributed by atoms with Crippen LogP contribution in [0, 0.1) is 0 Å². The first-order valence-electron chi connectivity index (χ1n) is 6.82. The lowest BCUT2D eigenvalue weighted by atomic mass is 10.1. The van der Waals surface area contributed by atoms with Gasteiger partial charge in [-0.1, -0.05) is 53.2 Å². The second-order valence-electron chi connectivity index (χ2n) is 4.83. The molecule has 4 heteroatoms. The number of halogens is 2. The molecular weight excluding hydrogens is 333 g/mol. The summed E-state index contributed by atoms with van der Waals surface area (Å²) in [7, 11) is 0. The minimum atomic E-state index is 0.742. The van der Waals surface area contributed by atoms with E-state index in [0.717, 1.165) is 26.4 Å². The summed E-state index contributed by atoms with van der Waals surface area (Å²) in [5.74, 6) is 0. The van der Waals surface area contributed by atoms with Crippen LogP contribution in [0.5, 0.6) is 0 Å². The Bertz CT molecular complexity index is 688. The molecule has 1 heterocycles. The Balaban J connectivity index is 1.83. The molecule has 0 unspecified atom stereocenters. The fraction of sp³-hybridized carbons (Fsp3) is 0.0556. The highest BCUT2D eigenvalue weighted by Gasteiger charge is 2.07. The lowest BCUT2D eigenvalue weighted by Gasteiger charge is -2.08. The van der Waals surface area contributed by atoms with Gasteiger partial charge in [0.05, 0.1) is 0 Å². The van der Waals surface area contributed by atoms with Crippen LogP contribution in [-0.2, 0) is 6.42 Å². The van der Waals surface area contributed by atoms with Gasteiger partial charge >= 0.3 is 0 Å². The van der Waals surface area contributed by atoms with Crippen molar-refractivity contribution in [3.8, 4) is 0 Å². The van der Waals surface area contributed by atoms with Gasteiger partial charge in [-0.05, 0) is 53.6 Å². The number of rotatable bonds is 4. The summed E-state index contributed by atoms with van der Waals surface area (Å²) in [4.78, 5) is 5.64. The lowest BCUT2D eigenvalue weighted by molar-refractivity contribution is 1.02. The molecule has 110 valence electrons. The third-order valence-corrected chi connectivity index (χ3v) is 4.76. The van der Waals surface area contributed by atoms with Crippen LogP contribution in [0.1, 0.15) is 11.1 Å². The quantitative estimate of drug-likeness (QED) is 0.563. The number of benzene rings is 2. The average Bonchev–Trinajstić information content (AvgIpc) is 2.54. The van der Waals surface area contributed by atoms with Crippen LogP contribution < -0.4 is 0 Å². The molecule has 0 bridgehead atoms. The van der Waals surface area contributed by atoms with Crippen LogP contribution in [0.2, 0.25) is 10.0 Å². The van der Waals surface area contributed by atoms with E-state index in [2.05, 4.69) is 11.1 Å². The van der Waals surface area contributed by atoms with Crippen molar-refractivity contribution < 1.29 is 0 Å². The molecule has 1 nitrogen and oxygen atoms in total. The molecule has 0 aliphatic rings. The molecule has 0 fully saturated rings. The van der Waals surface area contributed by atoms with Crippen LogP contribution in [0.3, 0.4) is 0 Å². The van der Waals surface area contributed by atoms with E-state index in [1.54, 1.807) is 11.8 Å². The summed E-state index contributed by atoms with van der Waals surface area (Å²) < 4.78 is 0. The first-order valence-corrected chi connectivity index (χ1v) is 8.40. The summed E-state index contributed by atoms with van der Waals surface area (Å²) in [6, 6.07) is 19.8. The van der Waals surface area contributed by atoms with Crippen molar-refractivity contribution in [3.05, 3.63) is 88.0 Å². The molecule has 22 heavy (non-hydrogen) atoms. The van der Waals surface area contributed by atoms with Gasteiger partial charge in [-0.25, -0.2) is 4.98 Å². The van der Waals surface area contributed by atoms with Crippen molar-refractivity contribution in [2.45, 2.75) is 16.3 Å². The second kappa shape index (κ2) is 7.19. The van der Waals surface area contributed by atoms with E-state index in [4.69, 9.17) is 23.2 Å². The van der Waals surface area contributed by atoms with E-state index in [1.807, 2.05) is 60.8 Å². The van der Waals surface area contributed by atoms with Crippen molar-refractivity contribution in [2.75, 3.05) is 0 Å². The number of aromatic nitrogens is 1. The molecule has 3 aromatic rings. The highest BCUT2D eigenvalue weighted by molar-refractivity contribution is 7.99. The van der Waals surface area contributed by atoms with Gasteiger partial charge in [0.2, 0.25) is 0 Å². The van der Waals surface area contributed by atoms with Crippen LogP contribution in [0.15, 0.2) is 76.8 Å². The average molecular weight is 346 g/mol. The van der Waals surface area contributed by atoms with Gasteiger partial charge < -0.3 is 0 Å². The molecule has 0 saturated carbocycles. The Kier molecular flexibility index (Phi) is 5.04. The molecular formula is C18H13Cl2NS. The van der Waals surface area contributed by atoms with E-state index in [0.29, 0.717) is 0 Å². The molecule has 0 amide bonds.